The summed E-state index contributed by atoms with van der Waals surface area (Å²) in [6.07, 6.45) is 2.46. The van der Waals surface area contributed by atoms with E-state index in [0.717, 1.165) is 25.4 Å². The highest BCUT2D eigenvalue weighted by Crippen LogP contribution is 2.18. The molecule has 1 aliphatic heterocycles. The van der Waals surface area contributed by atoms with Gasteiger partial charge >= 0.3 is 0 Å². The molecular weight excluding hydrogens is 212 g/mol. The lowest BCUT2D eigenvalue weighted by Crippen LogP contribution is -2.38. The first-order valence-electron chi connectivity index (χ1n) is 6.49. The van der Waals surface area contributed by atoms with Crippen LogP contribution in [0.3, 0.4) is 0 Å². The van der Waals surface area contributed by atoms with Crippen molar-refractivity contribution in [3.8, 4) is 5.75 Å². The zero-order valence-corrected chi connectivity index (χ0v) is 10.3. The van der Waals surface area contributed by atoms with E-state index in [1.54, 1.807) is 0 Å². The van der Waals surface area contributed by atoms with E-state index in [-0.39, 0.29) is 0 Å². The van der Waals surface area contributed by atoms with Gasteiger partial charge in [-0.15, -0.1) is 0 Å². The number of rotatable bonds is 5. The molecule has 0 aliphatic carbocycles. The first-order valence-corrected chi connectivity index (χ1v) is 6.49. The third kappa shape index (κ3) is 4.02. The first-order chi connectivity index (χ1) is 8.38. The van der Waals surface area contributed by atoms with Gasteiger partial charge in [0, 0.05) is 13.1 Å². The van der Waals surface area contributed by atoms with Crippen LogP contribution in [0.4, 0.5) is 0 Å². The van der Waals surface area contributed by atoms with Crippen molar-refractivity contribution in [2.45, 2.75) is 12.8 Å². The van der Waals surface area contributed by atoms with E-state index in [1.165, 1.54) is 25.9 Å². The van der Waals surface area contributed by atoms with Crippen molar-refractivity contribution in [1.29, 1.82) is 0 Å². The quantitative estimate of drug-likeness (QED) is 0.843. The second-order valence-corrected chi connectivity index (χ2v) is 4.70. The van der Waals surface area contributed by atoms with Crippen molar-refractivity contribution >= 4 is 0 Å². The van der Waals surface area contributed by atoms with Gasteiger partial charge in [0.15, 0.2) is 0 Å². The second kappa shape index (κ2) is 6.62. The predicted molar refractivity (Wildman–Crippen MR) is 70.2 cm³/mol. The summed E-state index contributed by atoms with van der Waals surface area (Å²) in [5, 5.41) is 0. The molecule has 3 nitrogen and oxygen atoms in total. The summed E-state index contributed by atoms with van der Waals surface area (Å²) in [7, 11) is 0. The molecule has 17 heavy (non-hydrogen) atoms. The van der Waals surface area contributed by atoms with Crippen LogP contribution in [0, 0.1) is 5.92 Å². The highest BCUT2D eigenvalue weighted by molar-refractivity contribution is 5.20. The lowest BCUT2D eigenvalue weighted by molar-refractivity contribution is 0.144. The van der Waals surface area contributed by atoms with Gasteiger partial charge in [-0.1, -0.05) is 18.2 Å². The monoisotopic (exact) mass is 234 g/mol. The highest BCUT2D eigenvalue weighted by atomic mass is 16.5. The van der Waals surface area contributed by atoms with Crippen LogP contribution in [0.5, 0.6) is 5.75 Å². The van der Waals surface area contributed by atoms with Crippen molar-refractivity contribution in [2.75, 3.05) is 32.8 Å². The molecule has 0 atom stereocenters. The standard InChI is InChI=1S/C14H22N2O/c15-8-11-16-9-6-13(7-10-16)12-17-14-4-2-1-3-5-14/h1-5,13H,6-12,15H2. The number of para-hydroxylation sites is 1. The van der Waals surface area contributed by atoms with Gasteiger partial charge < -0.3 is 15.4 Å². The summed E-state index contributed by atoms with van der Waals surface area (Å²) >= 11 is 0. The van der Waals surface area contributed by atoms with Gasteiger partial charge in [0.25, 0.3) is 0 Å². The van der Waals surface area contributed by atoms with Crippen LogP contribution in [0.2, 0.25) is 0 Å². The number of nitrogens with two attached hydrogens (primary N) is 1. The molecule has 0 aromatic heterocycles. The molecule has 1 aromatic rings. The molecule has 0 radical (unpaired) electrons. The summed E-state index contributed by atoms with van der Waals surface area (Å²) in [5.41, 5.74) is 5.56. The summed E-state index contributed by atoms with van der Waals surface area (Å²) < 4.78 is 5.80. The third-order valence-corrected chi connectivity index (χ3v) is 3.38. The minimum atomic E-state index is 0.698. The maximum Gasteiger partial charge on any atom is 0.119 e. The fraction of sp³-hybridized carbons (Fsp3) is 0.571. The maximum absolute atomic E-state index is 5.80. The maximum atomic E-state index is 5.80. The Morgan fingerprint density at radius 3 is 2.53 bits per heavy atom. The Bertz CT molecular complexity index is 307. The lowest BCUT2D eigenvalue weighted by Gasteiger charge is -2.31. The van der Waals surface area contributed by atoms with E-state index in [9.17, 15) is 0 Å². The number of piperidine rings is 1. The Kier molecular flexibility index (Phi) is 4.83. The van der Waals surface area contributed by atoms with Gasteiger partial charge in [-0.25, -0.2) is 0 Å². The fourth-order valence-electron chi connectivity index (χ4n) is 2.29. The number of benzene rings is 1. The highest BCUT2D eigenvalue weighted by Gasteiger charge is 2.18. The van der Waals surface area contributed by atoms with Crippen LogP contribution in [0.25, 0.3) is 0 Å². The van der Waals surface area contributed by atoms with Crippen molar-refractivity contribution in [2.24, 2.45) is 11.7 Å². The molecule has 0 unspecified atom stereocenters. The fourth-order valence-corrected chi connectivity index (χ4v) is 2.29. The van der Waals surface area contributed by atoms with Crippen LogP contribution in [0.15, 0.2) is 30.3 Å². The molecule has 2 rings (SSSR count). The van der Waals surface area contributed by atoms with Gasteiger partial charge in [-0.2, -0.15) is 0 Å². The smallest absolute Gasteiger partial charge is 0.119 e. The zero-order chi connectivity index (χ0) is 11.9. The van der Waals surface area contributed by atoms with Gasteiger partial charge in [-0.05, 0) is 44.0 Å². The van der Waals surface area contributed by atoms with Crippen LogP contribution >= 0.6 is 0 Å². The van der Waals surface area contributed by atoms with E-state index in [4.69, 9.17) is 10.5 Å². The summed E-state index contributed by atoms with van der Waals surface area (Å²) in [6.45, 7) is 4.98. The lowest BCUT2D eigenvalue weighted by atomic mass is 9.98. The van der Waals surface area contributed by atoms with Gasteiger partial charge in [-0.3, -0.25) is 0 Å². The van der Waals surface area contributed by atoms with Gasteiger partial charge in [0.05, 0.1) is 6.61 Å². The Morgan fingerprint density at radius 1 is 1.18 bits per heavy atom. The van der Waals surface area contributed by atoms with Crippen LogP contribution in [-0.2, 0) is 0 Å². The molecule has 1 fully saturated rings. The molecular formula is C14H22N2O. The van der Waals surface area contributed by atoms with E-state index in [2.05, 4.69) is 4.90 Å². The van der Waals surface area contributed by atoms with Crippen LogP contribution in [-0.4, -0.2) is 37.7 Å². The number of hydrogen-bond donors (Lipinski definition) is 1. The molecule has 1 saturated heterocycles. The molecule has 0 saturated carbocycles. The molecule has 1 heterocycles. The Hall–Kier alpha value is -1.06. The normalized spacial score (nSPS) is 18.2. The van der Waals surface area contributed by atoms with Crippen molar-refractivity contribution < 1.29 is 4.74 Å². The minimum Gasteiger partial charge on any atom is -0.493 e. The molecule has 1 aliphatic rings. The average Bonchev–Trinajstić information content (AvgIpc) is 2.40. The molecule has 0 spiro atoms. The van der Waals surface area contributed by atoms with E-state index < -0.39 is 0 Å². The Labute approximate surface area is 104 Å². The first kappa shape index (κ1) is 12.4. The molecule has 0 amide bonds. The predicted octanol–water partition coefficient (Wildman–Crippen LogP) is 1.74. The Morgan fingerprint density at radius 2 is 1.88 bits per heavy atom. The minimum absolute atomic E-state index is 0.698. The van der Waals surface area contributed by atoms with E-state index >= 15 is 0 Å². The van der Waals surface area contributed by atoms with Gasteiger partial charge in [0.1, 0.15) is 5.75 Å². The van der Waals surface area contributed by atoms with Crippen LogP contribution < -0.4 is 10.5 Å². The van der Waals surface area contributed by atoms with E-state index in [1.807, 2.05) is 30.3 Å². The number of ether oxygens (including phenoxy) is 1. The number of hydrogen-bond acceptors (Lipinski definition) is 3. The SMILES string of the molecule is NCCN1CCC(COc2ccccc2)CC1. The van der Waals surface area contributed by atoms with Crippen molar-refractivity contribution in [1.82, 2.24) is 4.90 Å². The summed E-state index contributed by atoms with van der Waals surface area (Å²) in [6, 6.07) is 10.1. The zero-order valence-electron chi connectivity index (χ0n) is 10.3. The topological polar surface area (TPSA) is 38.5 Å². The molecule has 2 N–H and O–H groups in total. The largest absolute Gasteiger partial charge is 0.493 e. The summed E-state index contributed by atoms with van der Waals surface area (Å²) in [5.74, 6) is 1.68. The Balaban J connectivity index is 1.68. The van der Waals surface area contributed by atoms with Crippen LogP contribution in [0.1, 0.15) is 12.8 Å². The van der Waals surface area contributed by atoms with Gasteiger partial charge in [0.2, 0.25) is 0 Å². The van der Waals surface area contributed by atoms with Crippen molar-refractivity contribution in [3.63, 3.8) is 0 Å². The molecule has 0 bridgehead atoms. The van der Waals surface area contributed by atoms with Crippen molar-refractivity contribution in [3.05, 3.63) is 30.3 Å². The molecule has 1 aromatic carbocycles. The van der Waals surface area contributed by atoms with E-state index in [0.29, 0.717) is 5.92 Å². The summed E-state index contributed by atoms with van der Waals surface area (Å²) in [4.78, 5) is 2.44. The third-order valence-electron chi connectivity index (χ3n) is 3.38. The molecule has 3 heteroatoms. The number of likely N-dealkylation sites (tertiary alicyclic amines) is 1. The average molecular weight is 234 g/mol. The second-order valence-electron chi connectivity index (χ2n) is 4.70. The molecule has 94 valence electrons. The number of nitrogens with zero attached hydrogens (tertiary/aromatic N) is 1.